The molecule has 2 aromatic rings. The first-order valence-corrected chi connectivity index (χ1v) is 9.53. The lowest BCUT2D eigenvalue weighted by Crippen LogP contribution is -2.43. The maximum absolute atomic E-state index is 13.0. The average Bonchev–Trinajstić information content (AvgIpc) is 2.66. The van der Waals surface area contributed by atoms with Gasteiger partial charge in [0.15, 0.2) is 5.69 Å². The Labute approximate surface area is 176 Å². The van der Waals surface area contributed by atoms with Crippen LogP contribution in [0.5, 0.6) is 0 Å². The molecule has 31 heavy (non-hydrogen) atoms. The highest BCUT2D eigenvalue weighted by molar-refractivity contribution is 5.96. The van der Waals surface area contributed by atoms with E-state index in [4.69, 9.17) is 10.5 Å². The van der Waals surface area contributed by atoms with Crippen LogP contribution in [-0.4, -0.2) is 35.7 Å². The van der Waals surface area contributed by atoms with Gasteiger partial charge >= 0.3 is 11.9 Å². The summed E-state index contributed by atoms with van der Waals surface area (Å²) in [6.07, 6.45) is -4.96. The summed E-state index contributed by atoms with van der Waals surface area (Å²) in [5.41, 5.74) is 3.49. The van der Waals surface area contributed by atoms with Crippen LogP contribution in [0.4, 0.5) is 24.7 Å². The Morgan fingerprint density at radius 3 is 2.55 bits per heavy atom. The van der Waals surface area contributed by atoms with Crippen LogP contribution in [0.1, 0.15) is 25.0 Å². The summed E-state index contributed by atoms with van der Waals surface area (Å²) in [6.45, 7) is 3.85. The van der Waals surface area contributed by atoms with Gasteiger partial charge in [-0.3, -0.25) is 19.1 Å². The quantitative estimate of drug-likeness (QED) is 0.650. The van der Waals surface area contributed by atoms with Gasteiger partial charge in [-0.25, -0.2) is 4.79 Å². The van der Waals surface area contributed by atoms with Crippen molar-refractivity contribution >= 4 is 17.4 Å². The molecule has 1 aromatic carbocycles. The van der Waals surface area contributed by atoms with Gasteiger partial charge in [-0.15, -0.1) is 0 Å². The van der Waals surface area contributed by atoms with Crippen molar-refractivity contribution in [1.82, 2.24) is 9.55 Å². The van der Waals surface area contributed by atoms with E-state index in [-0.39, 0.29) is 42.7 Å². The minimum atomic E-state index is -4.55. The number of hydrogen-bond acceptors (Lipinski definition) is 5. The summed E-state index contributed by atoms with van der Waals surface area (Å²) in [5.74, 6) is -0.841. The zero-order valence-electron chi connectivity index (χ0n) is 17.5. The number of anilines is 2. The van der Waals surface area contributed by atoms with E-state index >= 15 is 0 Å². The fourth-order valence-corrected chi connectivity index (χ4v) is 3.06. The topological polar surface area (TPSA) is 110 Å². The lowest BCUT2D eigenvalue weighted by Gasteiger charge is -2.25. The number of nitrogen functional groups attached to an aromatic ring is 1. The summed E-state index contributed by atoms with van der Waals surface area (Å²) >= 11 is 0. The van der Waals surface area contributed by atoms with Crippen LogP contribution < -0.4 is 21.9 Å². The summed E-state index contributed by atoms with van der Waals surface area (Å²) < 4.78 is 45.1. The van der Waals surface area contributed by atoms with E-state index in [1.165, 1.54) is 19.2 Å². The van der Waals surface area contributed by atoms with Gasteiger partial charge in [-0.2, -0.15) is 13.2 Å². The molecule has 170 valence electrons. The number of alkyl halides is 3. The average molecular weight is 442 g/mol. The highest BCUT2D eigenvalue weighted by atomic mass is 19.4. The number of halogens is 3. The Kier molecular flexibility index (Phi) is 7.66. The van der Waals surface area contributed by atoms with E-state index in [0.717, 1.165) is 21.6 Å². The van der Waals surface area contributed by atoms with E-state index in [1.807, 2.05) is 13.8 Å². The second kappa shape index (κ2) is 9.82. The van der Waals surface area contributed by atoms with Crippen LogP contribution in [-0.2, 0) is 28.7 Å². The van der Waals surface area contributed by atoms with Crippen LogP contribution in [0.2, 0.25) is 0 Å². The van der Waals surface area contributed by atoms with Gasteiger partial charge in [0.25, 0.3) is 5.56 Å². The molecule has 0 fully saturated rings. The first kappa shape index (κ1) is 24.2. The number of nitrogens with zero attached hydrogens (tertiary/aromatic N) is 2. The molecule has 3 N–H and O–H groups in total. The predicted molar refractivity (Wildman–Crippen MR) is 110 cm³/mol. The summed E-state index contributed by atoms with van der Waals surface area (Å²) in [7, 11) is 1.39. The fourth-order valence-electron chi connectivity index (χ4n) is 3.06. The SMILES string of the molecule is COCCN(C(=O)Cc1cccc(C(F)(F)F)c1)c1c(N)n(CC(C)C)c(=O)[nH]c1=O. The maximum Gasteiger partial charge on any atom is 0.416 e. The van der Waals surface area contributed by atoms with E-state index in [9.17, 15) is 27.6 Å². The minimum Gasteiger partial charge on any atom is -0.383 e. The molecule has 1 amide bonds. The van der Waals surface area contributed by atoms with Gasteiger partial charge in [0.1, 0.15) is 5.82 Å². The smallest absolute Gasteiger partial charge is 0.383 e. The molecule has 2 rings (SSSR count). The number of amides is 1. The highest BCUT2D eigenvalue weighted by Gasteiger charge is 2.31. The van der Waals surface area contributed by atoms with Crippen molar-refractivity contribution in [2.45, 2.75) is 33.0 Å². The molecule has 11 heteroatoms. The van der Waals surface area contributed by atoms with Crippen LogP contribution in [0.3, 0.4) is 0 Å². The molecule has 1 heterocycles. The van der Waals surface area contributed by atoms with Gasteiger partial charge in [0.2, 0.25) is 5.91 Å². The number of aromatic amines is 1. The number of carbonyl (C=O) groups is 1. The Hall–Kier alpha value is -3.08. The third-order valence-corrected chi connectivity index (χ3v) is 4.46. The number of H-pyrrole nitrogens is 1. The van der Waals surface area contributed by atoms with Crippen molar-refractivity contribution in [2.24, 2.45) is 5.92 Å². The number of rotatable bonds is 8. The Morgan fingerprint density at radius 1 is 1.29 bits per heavy atom. The molecule has 0 radical (unpaired) electrons. The molecule has 0 atom stereocenters. The van der Waals surface area contributed by atoms with Crippen LogP contribution in [0.25, 0.3) is 0 Å². The van der Waals surface area contributed by atoms with E-state index in [0.29, 0.717) is 0 Å². The van der Waals surface area contributed by atoms with Gasteiger partial charge in [-0.1, -0.05) is 32.0 Å². The number of methoxy groups -OCH3 is 1. The monoisotopic (exact) mass is 442 g/mol. The molecular weight excluding hydrogens is 417 g/mol. The summed E-state index contributed by atoms with van der Waals surface area (Å²) in [4.78, 5) is 40.9. The normalized spacial score (nSPS) is 11.7. The number of aromatic nitrogens is 2. The first-order valence-electron chi connectivity index (χ1n) is 9.53. The van der Waals surface area contributed by atoms with Gasteiger partial charge in [0, 0.05) is 20.2 Å². The molecule has 0 saturated carbocycles. The summed E-state index contributed by atoms with van der Waals surface area (Å²) in [6, 6.07) is 4.37. The first-order chi connectivity index (χ1) is 14.5. The molecular formula is C20H25F3N4O4. The van der Waals surface area contributed by atoms with E-state index < -0.39 is 35.3 Å². The molecule has 0 saturated heterocycles. The molecule has 0 aliphatic carbocycles. The van der Waals surface area contributed by atoms with Gasteiger partial charge in [0.05, 0.1) is 18.6 Å². The molecule has 0 bridgehead atoms. The third-order valence-electron chi connectivity index (χ3n) is 4.46. The zero-order chi connectivity index (χ0) is 23.3. The number of benzene rings is 1. The van der Waals surface area contributed by atoms with Crippen LogP contribution in [0.15, 0.2) is 33.9 Å². The van der Waals surface area contributed by atoms with Crippen molar-refractivity contribution in [3.63, 3.8) is 0 Å². The van der Waals surface area contributed by atoms with Crippen molar-refractivity contribution in [1.29, 1.82) is 0 Å². The molecule has 0 aliphatic heterocycles. The third kappa shape index (κ3) is 5.97. The number of hydrogen-bond donors (Lipinski definition) is 2. The Balaban J connectivity index is 2.48. The maximum atomic E-state index is 13.0. The Morgan fingerprint density at radius 2 is 1.97 bits per heavy atom. The number of nitrogens with one attached hydrogen (secondary N) is 1. The van der Waals surface area contributed by atoms with Crippen molar-refractivity contribution in [3.05, 3.63) is 56.2 Å². The summed E-state index contributed by atoms with van der Waals surface area (Å²) in [5, 5.41) is 0. The minimum absolute atomic E-state index is 0.0204. The molecule has 1 aromatic heterocycles. The van der Waals surface area contributed by atoms with E-state index in [1.54, 1.807) is 0 Å². The highest BCUT2D eigenvalue weighted by Crippen LogP contribution is 2.30. The van der Waals surface area contributed by atoms with Gasteiger partial charge in [-0.05, 0) is 17.5 Å². The lowest BCUT2D eigenvalue weighted by molar-refractivity contribution is -0.137. The molecule has 0 spiro atoms. The predicted octanol–water partition coefficient (Wildman–Crippen LogP) is 2.02. The van der Waals surface area contributed by atoms with Gasteiger partial charge < -0.3 is 15.4 Å². The number of nitrogens with two attached hydrogens (primary N) is 1. The molecule has 0 unspecified atom stereocenters. The molecule has 0 aliphatic rings. The van der Waals surface area contributed by atoms with Crippen LogP contribution >= 0.6 is 0 Å². The number of ether oxygens (including phenoxy) is 1. The molecule has 8 nitrogen and oxygen atoms in total. The van der Waals surface area contributed by atoms with E-state index in [2.05, 4.69) is 4.98 Å². The second-order valence-corrected chi connectivity index (χ2v) is 7.41. The second-order valence-electron chi connectivity index (χ2n) is 7.41. The van der Waals surface area contributed by atoms with Crippen LogP contribution in [0, 0.1) is 5.92 Å². The van der Waals surface area contributed by atoms with Crippen molar-refractivity contribution in [3.8, 4) is 0 Å². The zero-order valence-corrected chi connectivity index (χ0v) is 17.5. The van der Waals surface area contributed by atoms with Crippen molar-refractivity contribution in [2.75, 3.05) is 30.9 Å². The Bertz CT molecular complexity index is 1040. The largest absolute Gasteiger partial charge is 0.416 e. The lowest BCUT2D eigenvalue weighted by atomic mass is 10.1. The standard InChI is InChI=1S/C20H25F3N4O4/c1-12(2)11-27-17(24)16(18(29)25-19(27)30)26(7-8-31-3)15(28)10-13-5-4-6-14(9-13)20(21,22)23/h4-6,9,12H,7-8,10-11,24H2,1-3H3,(H,25,29,30). The number of carbonyl (C=O) groups excluding carboxylic acids is 1. The van der Waals surface area contributed by atoms with Crippen molar-refractivity contribution < 1.29 is 22.7 Å². The fraction of sp³-hybridized carbons (Fsp3) is 0.450.